The van der Waals surface area contributed by atoms with E-state index in [4.69, 9.17) is 10.8 Å². The van der Waals surface area contributed by atoms with Crippen LogP contribution in [-0.4, -0.2) is 26.1 Å². The number of nitrogens with two attached hydrogens (primary N) is 1. The van der Waals surface area contributed by atoms with Crippen LogP contribution in [0.3, 0.4) is 0 Å². The second-order valence-corrected chi connectivity index (χ2v) is 3.28. The Morgan fingerprint density at radius 1 is 1.44 bits per heavy atom. The average Bonchev–Trinajstić information content (AvgIpc) is 2.66. The summed E-state index contributed by atoms with van der Waals surface area (Å²) in [5.41, 5.74) is 7.68. The van der Waals surface area contributed by atoms with Crippen molar-refractivity contribution in [2.75, 3.05) is 5.73 Å². The van der Waals surface area contributed by atoms with Crippen LogP contribution in [0.5, 0.6) is 0 Å². The molecule has 0 bridgehead atoms. The summed E-state index contributed by atoms with van der Waals surface area (Å²) in [6.07, 6.45) is 1.56. The lowest BCUT2D eigenvalue weighted by molar-refractivity contribution is -0.137. The third-order valence-corrected chi connectivity index (χ3v) is 2.07. The van der Waals surface area contributed by atoms with E-state index in [2.05, 4.69) is 10.3 Å². The van der Waals surface area contributed by atoms with Gasteiger partial charge < -0.3 is 10.8 Å². The number of benzene rings is 1. The molecular weight excluding hydrogens is 208 g/mol. The van der Waals surface area contributed by atoms with E-state index in [1.54, 1.807) is 12.3 Å². The predicted octanol–water partition coefficient (Wildman–Crippen LogP) is 0.612. The Kier molecular flexibility index (Phi) is 2.55. The summed E-state index contributed by atoms with van der Waals surface area (Å²) in [4.78, 5) is 10.5. The minimum atomic E-state index is -0.961. The third kappa shape index (κ3) is 2.00. The number of carboxylic acids is 1. The minimum absolute atomic E-state index is 0.209. The van der Waals surface area contributed by atoms with Crippen LogP contribution in [0.4, 0.5) is 5.69 Å². The zero-order chi connectivity index (χ0) is 11.5. The fourth-order valence-electron chi connectivity index (χ4n) is 1.37. The van der Waals surface area contributed by atoms with Gasteiger partial charge in [-0.15, -0.1) is 5.10 Å². The number of aliphatic carboxylic acids is 1. The molecule has 0 aliphatic carbocycles. The van der Waals surface area contributed by atoms with Crippen LogP contribution in [0.25, 0.3) is 11.3 Å². The standard InChI is InChI=1S/C10H10N4O2/c11-8-4-2-1-3-7(8)9-5-14(13-12-9)6-10(15)16/h1-5H,6,11H2,(H,15,16). The first-order chi connectivity index (χ1) is 7.66. The van der Waals surface area contributed by atoms with Gasteiger partial charge in [-0.3, -0.25) is 4.79 Å². The predicted molar refractivity (Wildman–Crippen MR) is 57.5 cm³/mol. The van der Waals surface area contributed by atoms with Crippen molar-refractivity contribution in [3.8, 4) is 11.3 Å². The van der Waals surface area contributed by atoms with Crippen molar-refractivity contribution in [2.24, 2.45) is 0 Å². The SMILES string of the molecule is Nc1ccccc1-c1cn(CC(=O)O)nn1. The maximum Gasteiger partial charge on any atom is 0.325 e. The molecule has 0 saturated carbocycles. The normalized spacial score (nSPS) is 10.2. The number of hydrogen-bond donors (Lipinski definition) is 2. The highest BCUT2D eigenvalue weighted by molar-refractivity contribution is 5.73. The lowest BCUT2D eigenvalue weighted by Gasteiger charge is -1.99. The summed E-state index contributed by atoms with van der Waals surface area (Å²) in [7, 11) is 0. The molecular formula is C10H10N4O2. The van der Waals surface area contributed by atoms with Gasteiger partial charge in [0.25, 0.3) is 0 Å². The molecule has 3 N–H and O–H groups in total. The van der Waals surface area contributed by atoms with Crippen LogP contribution in [0.2, 0.25) is 0 Å². The van der Waals surface area contributed by atoms with Crippen LogP contribution in [0, 0.1) is 0 Å². The van der Waals surface area contributed by atoms with Crippen molar-refractivity contribution in [1.82, 2.24) is 15.0 Å². The summed E-state index contributed by atoms with van der Waals surface area (Å²) < 4.78 is 1.25. The molecule has 0 aliphatic rings. The molecule has 0 saturated heterocycles. The summed E-state index contributed by atoms with van der Waals surface area (Å²) in [6.45, 7) is -0.209. The molecule has 6 nitrogen and oxygen atoms in total. The molecule has 0 radical (unpaired) electrons. The second kappa shape index (κ2) is 4.01. The number of rotatable bonds is 3. The van der Waals surface area contributed by atoms with E-state index < -0.39 is 5.97 Å². The molecule has 6 heteroatoms. The zero-order valence-electron chi connectivity index (χ0n) is 8.37. The monoisotopic (exact) mass is 218 g/mol. The number of nitrogen functional groups attached to an aromatic ring is 1. The summed E-state index contributed by atoms with van der Waals surface area (Å²) in [5, 5.41) is 16.2. The number of nitrogens with zero attached hydrogens (tertiary/aromatic N) is 3. The molecule has 0 amide bonds. The first-order valence-electron chi connectivity index (χ1n) is 4.63. The smallest absolute Gasteiger partial charge is 0.325 e. The van der Waals surface area contributed by atoms with Gasteiger partial charge >= 0.3 is 5.97 Å². The largest absolute Gasteiger partial charge is 0.480 e. The molecule has 0 aliphatic heterocycles. The van der Waals surface area contributed by atoms with Crippen molar-refractivity contribution in [3.63, 3.8) is 0 Å². The molecule has 2 aromatic rings. The van der Waals surface area contributed by atoms with E-state index >= 15 is 0 Å². The van der Waals surface area contributed by atoms with Gasteiger partial charge in [0.2, 0.25) is 0 Å². The van der Waals surface area contributed by atoms with E-state index in [9.17, 15) is 4.79 Å². The topological polar surface area (TPSA) is 94.0 Å². The molecule has 82 valence electrons. The number of para-hydroxylation sites is 1. The Balaban J connectivity index is 2.32. The molecule has 16 heavy (non-hydrogen) atoms. The van der Waals surface area contributed by atoms with Gasteiger partial charge in [0, 0.05) is 11.3 Å². The van der Waals surface area contributed by atoms with Gasteiger partial charge in [-0.1, -0.05) is 23.4 Å². The maximum atomic E-state index is 10.5. The number of carboxylic acid groups (broad SMARTS) is 1. The van der Waals surface area contributed by atoms with Gasteiger partial charge in [0.05, 0.1) is 6.20 Å². The van der Waals surface area contributed by atoms with Gasteiger partial charge in [-0.25, -0.2) is 4.68 Å². The Bertz CT molecular complexity index is 521. The summed E-state index contributed by atoms with van der Waals surface area (Å²) >= 11 is 0. The van der Waals surface area contributed by atoms with Crippen LogP contribution >= 0.6 is 0 Å². The maximum absolute atomic E-state index is 10.5. The van der Waals surface area contributed by atoms with Crippen molar-refractivity contribution in [1.29, 1.82) is 0 Å². The molecule has 2 rings (SSSR count). The highest BCUT2D eigenvalue weighted by Crippen LogP contribution is 2.22. The fraction of sp³-hybridized carbons (Fsp3) is 0.100. The van der Waals surface area contributed by atoms with E-state index in [1.165, 1.54) is 4.68 Å². The molecule has 0 fully saturated rings. The number of anilines is 1. The van der Waals surface area contributed by atoms with Crippen molar-refractivity contribution < 1.29 is 9.90 Å². The Morgan fingerprint density at radius 2 is 2.19 bits per heavy atom. The first kappa shape index (κ1) is 10.2. The van der Waals surface area contributed by atoms with Crippen LogP contribution < -0.4 is 5.73 Å². The Hall–Kier alpha value is -2.37. The van der Waals surface area contributed by atoms with Crippen LogP contribution in [0.1, 0.15) is 0 Å². The van der Waals surface area contributed by atoms with E-state index in [0.29, 0.717) is 11.4 Å². The van der Waals surface area contributed by atoms with Gasteiger partial charge in [0.1, 0.15) is 12.2 Å². The molecule has 1 aromatic heterocycles. The van der Waals surface area contributed by atoms with Crippen molar-refractivity contribution in [3.05, 3.63) is 30.5 Å². The van der Waals surface area contributed by atoms with Crippen molar-refractivity contribution in [2.45, 2.75) is 6.54 Å². The quantitative estimate of drug-likeness (QED) is 0.736. The number of hydrogen-bond acceptors (Lipinski definition) is 4. The lowest BCUT2D eigenvalue weighted by Crippen LogP contribution is -2.08. The number of aromatic nitrogens is 3. The number of carbonyl (C=O) groups is 1. The first-order valence-corrected chi connectivity index (χ1v) is 4.63. The lowest BCUT2D eigenvalue weighted by atomic mass is 10.1. The summed E-state index contributed by atoms with van der Waals surface area (Å²) in [5.74, 6) is -0.961. The highest BCUT2D eigenvalue weighted by Gasteiger charge is 2.08. The van der Waals surface area contributed by atoms with E-state index in [-0.39, 0.29) is 6.54 Å². The molecule has 0 spiro atoms. The van der Waals surface area contributed by atoms with Crippen LogP contribution in [-0.2, 0) is 11.3 Å². The van der Waals surface area contributed by atoms with Gasteiger partial charge in [0.15, 0.2) is 0 Å². The van der Waals surface area contributed by atoms with Crippen LogP contribution in [0.15, 0.2) is 30.5 Å². The highest BCUT2D eigenvalue weighted by atomic mass is 16.4. The molecule has 1 heterocycles. The fourth-order valence-corrected chi connectivity index (χ4v) is 1.37. The van der Waals surface area contributed by atoms with E-state index in [1.807, 2.05) is 18.2 Å². The molecule has 0 atom stereocenters. The molecule has 1 aromatic carbocycles. The van der Waals surface area contributed by atoms with E-state index in [0.717, 1.165) is 5.56 Å². The average molecular weight is 218 g/mol. The Morgan fingerprint density at radius 3 is 2.88 bits per heavy atom. The minimum Gasteiger partial charge on any atom is -0.480 e. The van der Waals surface area contributed by atoms with Gasteiger partial charge in [-0.05, 0) is 6.07 Å². The Labute approximate surface area is 91.3 Å². The molecule has 0 unspecified atom stereocenters. The zero-order valence-corrected chi connectivity index (χ0v) is 8.37. The second-order valence-electron chi connectivity index (χ2n) is 3.28. The third-order valence-electron chi connectivity index (χ3n) is 2.07. The summed E-state index contributed by atoms with van der Waals surface area (Å²) in [6, 6.07) is 7.22. The van der Waals surface area contributed by atoms with Gasteiger partial charge in [-0.2, -0.15) is 0 Å². The van der Waals surface area contributed by atoms with Crippen molar-refractivity contribution >= 4 is 11.7 Å².